The highest BCUT2D eigenvalue weighted by atomic mass is 19.1. The van der Waals surface area contributed by atoms with Crippen LogP contribution in [0.3, 0.4) is 0 Å². The van der Waals surface area contributed by atoms with Gasteiger partial charge in [0.2, 0.25) is 0 Å². The van der Waals surface area contributed by atoms with Gasteiger partial charge in [0, 0.05) is 24.2 Å². The third-order valence-corrected chi connectivity index (χ3v) is 3.55. The zero-order valence-electron chi connectivity index (χ0n) is 11.8. The maximum absolute atomic E-state index is 13.7. The number of rotatable bonds is 5. The molecule has 2 unspecified atom stereocenters. The molecule has 0 saturated carbocycles. The van der Waals surface area contributed by atoms with Crippen molar-refractivity contribution in [2.45, 2.75) is 25.8 Å². The molecule has 2 N–H and O–H groups in total. The number of hydrogen-bond acceptors (Lipinski definition) is 2. The highest BCUT2D eigenvalue weighted by Crippen LogP contribution is 2.22. The van der Waals surface area contributed by atoms with E-state index in [4.69, 9.17) is 0 Å². The van der Waals surface area contributed by atoms with E-state index in [2.05, 4.69) is 24.4 Å². The molecule has 2 atom stereocenters. The average Bonchev–Trinajstić information content (AvgIpc) is 2.45. The van der Waals surface area contributed by atoms with Crippen molar-refractivity contribution in [3.05, 3.63) is 65.5 Å². The maximum atomic E-state index is 13.7. The van der Waals surface area contributed by atoms with Gasteiger partial charge in [-0.05, 0) is 24.5 Å². The predicted octanol–water partition coefficient (Wildman–Crippen LogP) is 3.99. The summed E-state index contributed by atoms with van der Waals surface area (Å²) in [6, 6.07) is 14.4. The minimum absolute atomic E-state index is 0.0453. The van der Waals surface area contributed by atoms with Crippen molar-refractivity contribution >= 4 is 0 Å². The number of halogens is 1. The number of nitrogens with one attached hydrogen (secondary N) is 1. The van der Waals surface area contributed by atoms with E-state index in [-0.39, 0.29) is 17.6 Å². The number of phenols is 1. The molecule has 2 nitrogen and oxygen atoms in total. The predicted molar refractivity (Wildman–Crippen MR) is 79.3 cm³/mol. The lowest BCUT2D eigenvalue weighted by atomic mass is 10.0. The van der Waals surface area contributed by atoms with E-state index in [1.165, 1.54) is 11.6 Å². The second-order valence-corrected chi connectivity index (χ2v) is 5.15. The smallest absolute Gasteiger partial charge is 0.131 e. The van der Waals surface area contributed by atoms with E-state index < -0.39 is 0 Å². The molecule has 0 fully saturated rings. The summed E-state index contributed by atoms with van der Waals surface area (Å²) in [5.74, 6) is -0.0627. The van der Waals surface area contributed by atoms with E-state index in [1.807, 2.05) is 25.1 Å². The van der Waals surface area contributed by atoms with E-state index in [0.717, 1.165) is 12.6 Å². The minimum Gasteiger partial charge on any atom is -0.508 e. The number of benzene rings is 2. The molecule has 0 aliphatic carbocycles. The summed E-state index contributed by atoms with van der Waals surface area (Å²) in [7, 11) is 0. The molecule has 20 heavy (non-hydrogen) atoms. The number of aromatic hydroxyl groups is 1. The summed E-state index contributed by atoms with van der Waals surface area (Å²) in [5.41, 5.74) is 1.83. The summed E-state index contributed by atoms with van der Waals surface area (Å²) >= 11 is 0. The SMILES string of the molecule is CC(CNC(C)c1ccc(O)cc1F)c1ccccc1. The van der Waals surface area contributed by atoms with E-state index in [9.17, 15) is 9.50 Å². The zero-order valence-corrected chi connectivity index (χ0v) is 11.8. The van der Waals surface area contributed by atoms with Gasteiger partial charge < -0.3 is 10.4 Å². The van der Waals surface area contributed by atoms with Crippen LogP contribution >= 0.6 is 0 Å². The molecule has 0 amide bonds. The molecule has 2 rings (SSSR count). The molecule has 0 saturated heterocycles. The van der Waals surface area contributed by atoms with Crippen molar-refractivity contribution in [1.29, 1.82) is 0 Å². The maximum Gasteiger partial charge on any atom is 0.131 e. The lowest BCUT2D eigenvalue weighted by Crippen LogP contribution is -2.24. The van der Waals surface area contributed by atoms with Crippen LogP contribution in [0, 0.1) is 5.82 Å². The molecule has 0 aliphatic rings. The highest BCUT2D eigenvalue weighted by molar-refractivity contribution is 5.29. The van der Waals surface area contributed by atoms with E-state index in [1.54, 1.807) is 6.07 Å². The molecule has 2 aromatic carbocycles. The molecule has 0 spiro atoms. The summed E-state index contributed by atoms with van der Waals surface area (Å²) in [5, 5.41) is 12.6. The second kappa shape index (κ2) is 6.53. The third kappa shape index (κ3) is 3.58. The van der Waals surface area contributed by atoms with Crippen molar-refractivity contribution < 1.29 is 9.50 Å². The quantitative estimate of drug-likeness (QED) is 0.863. The monoisotopic (exact) mass is 273 g/mol. The average molecular weight is 273 g/mol. The van der Waals surface area contributed by atoms with Crippen molar-refractivity contribution in [2.75, 3.05) is 6.54 Å². The molecule has 0 bridgehead atoms. The van der Waals surface area contributed by atoms with Gasteiger partial charge in [0.05, 0.1) is 0 Å². The van der Waals surface area contributed by atoms with Crippen LogP contribution in [0.15, 0.2) is 48.5 Å². The van der Waals surface area contributed by atoms with Gasteiger partial charge in [-0.1, -0.05) is 43.3 Å². The molecule has 0 heterocycles. The van der Waals surface area contributed by atoms with Gasteiger partial charge in [0.15, 0.2) is 0 Å². The van der Waals surface area contributed by atoms with Crippen molar-refractivity contribution in [3.8, 4) is 5.75 Å². The second-order valence-electron chi connectivity index (χ2n) is 5.15. The molecule has 0 aromatic heterocycles. The first-order valence-corrected chi connectivity index (χ1v) is 6.84. The van der Waals surface area contributed by atoms with E-state index >= 15 is 0 Å². The Kier molecular flexibility index (Phi) is 4.74. The van der Waals surface area contributed by atoms with Gasteiger partial charge in [0.1, 0.15) is 11.6 Å². The van der Waals surface area contributed by atoms with Crippen LogP contribution in [0.2, 0.25) is 0 Å². The highest BCUT2D eigenvalue weighted by Gasteiger charge is 2.13. The van der Waals surface area contributed by atoms with Crippen LogP contribution in [0.4, 0.5) is 4.39 Å². The topological polar surface area (TPSA) is 32.3 Å². The van der Waals surface area contributed by atoms with Crippen LogP contribution in [0.25, 0.3) is 0 Å². The molecule has 2 aromatic rings. The lowest BCUT2D eigenvalue weighted by molar-refractivity contribution is 0.462. The first-order valence-electron chi connectivity index (χ1n) is 6.84. The van der Waals surface area contributed by atoms with Crippen LogP contribution in [-0.2, 0) is 0 Å². The van der Waals surface area contributed by atoms with Gasteiger partial charge in [-0.25, -0.2) is 4.39 Å². The van der Waals surface area contributed by atoms with Gasteiger partial charge in [0.25, 0.3) is 0 Å². The van der Waals surface area contributed by atoms with Crippen molar-refractivity contribution in [2.24, 2.45) is 0 Å². The van der Waals surface area contributed by atoms with Crippen LogP contribution in [0.5, 0.6) is 5.75 Å². The third-order valence-electron chi connectivity index (χ3n) is 3.55. The van der Waals surface area contributed by atoms with Crippen LogP contribution < -0.4 is 5.32 Å². The Morgan fingerprint density at radius 3 is 2.45 bits per heavy atom. The molecular weight excluding hydrogens is 253 g/mol. The Morgan fingerprint density at radius 2 is 1.80 bits per heavy atom. The summed E-state index contributed by atoms with van der Waals surface area (Å²) in [6.45, 7) is 4.83. The Balaban J connectivity index is 1.96. The Bertz CT molecular complexity index is 556. The van der Waals surface area contributed by atoms with Gasteiger partial charge in [-0.15, -0.1) is 0 Å². The largest absolute Gasteiger partial charge is 0.508 e. The normalized spacial score (nSPS) is 13.9. The molecule has 0 aliphatic heterocycles. The molecule has 106 valence electrons. The summed E-state index contributed by atoms with van der Waals surface area (Å²) in [6.07, 6.45) is 0. The first kappa shape index (κ1) is 14.5. The van der Waals surface area contributed by atoms with Gasteiger partial charge in [-0.3, -0.25) is 0 Å². The first-order chi connectivity index (χ1) is 9.58. The number of hydrogen-bond donors (Lipinski definition) is 2. The zero-order chi connectivity index (χ0) is 14.5. The Morgan fingerprint density at radius 1 is 1.10 bits per heavy atom. The fourth-order valence-corrected chi connectivity index (χ4v) is 2.23. The summed E-state index contributed by atoms with van der Waals surface area (Å²) < 4.78 is 13.7. The fraction of sp³-hybridized carbons (Fsp3) is 0.294. The van der Waals surface area contributed by atoms with Crippen LogP contribution in [0.1, 0.15) is 36.9 Å². The molecule has 3 heteroatoms. The van der Waals surface area contributed by atoms with Crippen molar-refractivity contribution in [1.82, 2.24) is 5.32 Å². The molecule has 0 radical (unpaired) electrons. The fourth-order valence-electron chi connectivity index (χ4n) is 2.23. The standard InChI is InChI=1S/C17H20FNO/c1-12(14-6-4-3-5-7-14)11-19-13(2)16-9-8-15(20)10-17(16)18/h3-10,12-13,19-20H,11H2,1-2H3. The van der Waals surface area contributed by atoms with Crippen LogP contribution in [-0.4, -0.2) is 11.7 Å². The minimum atomic E-state index is -0.377. The lowest BCUT2D eigenvalue weighted by Gasteiger charge is -2.19. The number of phenolic OH excluding ortho intramolecular Hbond substituents is 1. The van der Waals surface area contributed by atoms with Gasteiger partial charge in [-0.2, -0.15) is 0 Å². The Labute approximate surface area is 119 Å². The molecular formula is C17H20FNO. The summed E-state index contributed by atoms with van der Waals surface area (Å²) in [4.78, 5) is 0. The van der Waals surface area contributed by atoms with E-state index in [0.29, 0.717) is 11.5 Å². The Hall–Kier alpha value is -1.87. The van der Waals surface area contributed by atoms with Gasteiger partial charge >= 0.3 is 0 Å². The van der Waals surface area contributed by atoms with Crippen molar-refractivity contribution in [3.63, 3.8) is 0 Å².